The molecule has 7 nitrogen and oxygen atoms in total. The van der Waals surface area contributed by atoms with Crippen molar-refractivity contribution in [2.24, 2.45) is 0 Å². The summed E-state index contributed by atoms with van der Waals surface area (Å²) in [5.41, 5.74) is 0.517. The lowest BCUT2D eigenvalue weighted by molar-refractivity contribution is 0.0118. The van der Waals surface area contributed by atoms with Crippen LogP contribution in [0.25, 0.3) is 0 Å². The monoisotopic (exact) mass is 360 g/mol. The van der Waals surface area contributed by atoms with Gasteiger partial charge in [0, 0.05) is 25.2 Å². The van der Waals surface area contributed by atoms with Crippen molar-refractivity contribution in [1.29, 1.82) is 0 Å². The fourth-order valence-electron chi connectivity index (χ4n) is 3.05. The Morgan fingerprint density at radius 1 is 1.19 bits per heavy atom. The predicted octanol–water partition coefficient (Wildman–Crippen LogP) is 2.10. The normalized spacial score (nSPS) is 16.1. The van der Waals surface area contributed by atoms with Crippen LogP contribution in [0.1, 0.15) is 22.2 Å². The Morgan fingerprint density at radius 2 is 1.96 bits per heavy atom. The van der Waals surface area contributed by atoms with Gasteiger partial charge >= 0.3 is 0 Å². The number of rotatable bonds is 7. The molecule has 0 saturated carbocycles. The summed E-state index contributed by atoms with van der Waals surface area (Å²) >= 11 is 0. The SMILES string of the molecule is COc1ccc(C(=O)NC[C@H](c2ccco2)N2CCOCC2)cc1OC. The molecule has 1 saturated heterocycles. The van der Waals surface area contributed by atoms with Crippen molar-refractivity contribution in [3.63, 3.8) is 0 Å². The van der Waals surface area contributed by atoms with E-state index in [0.29, 0.717) is 36.8 Å². The number of nitrogens with one attached hydrogen (secondary N) is 1. The molecule has 0 aliphatic carbocycles. The lowest BCUT2D eigenvalue weighted by atomic mass is 10.1. The first kappa shape index (κ1) is 18.3. The van der Waals surface area contributed by atoms with E-state index in [0.717, 1.165) is 18.8 Å². The molecule has 0 bridgehead atoms. The quantitative estimate of drug-likeness (QED) is 0.815. The van der Waals surface area contributed by atoms with Crippen LogP contribution < -0.4 is 14.8 Å². The highest BCUT2D eigenvalue weighted by atomic mass is 16.5. The van der Waals surface area contributed by atoms with Gasteiger partial charge in [0.05, 0.1) is 39.7 Å². The van der Waals surface area contributed by atoms with Crippen molar-refractivity contribution >= 4 is 5.91 Å². The molecule has 3 rings (SSSR count). The first-order valence-corrected chi connectivity index (χ1v) is 8.58. The molecule has 0 spiro atoms. The van der Waals surface area contributed by atoms with Crippen LogP contribution in [0.4, 0.5) is 0 Å². The highest BCUT2D eigenvalue weighted by Gasteiger charge is 2.25. The maximum atomic E-state index is 12.6. The van der Waals surface area contributed by atoms with E-state index in [1.807, 2.05) is 12.1 Å². The number of ether oxygens (including phenoxy) is 3. The molecule has 1 amide bonds. The molecule has 1 aromatic carbocycles. The molecule has 1 atom stereocenters. The standard InChI is InChI=1S/C19H24N2O5/c1-23-17-6-5-14(12-18(17)24-2)19(22)20-13-15(16-4-3-9-26-16)21-7-10-25-11-8-21/h3-6,9,12,15H,7-8,10-11,13H2,1-2H3,(H,20,22)/t15-/m1/s1. The van der Waals surface area contributed by atoms with Gasteiger partial charge in [0.2, 0.25) is 0 Å². The number of furan rings is 1. The fraction of sp³-hybridized carbons (Fsp3) is 0.421. The molecule has 7 heteroatoms. The van der Waals surface area contributed by atoms with Gasteiger partial charge in [-0.3, -0.25) is 9.69 Å². The Morgan fingerprint density at radius 3 is 2.62 bits per heavy atom. The summed E-state index contributed by atoms with van der Waals surface area (Å²) in [4.78, 5) is 14.8. The first-order valence-electron chi connectivity index (χ1n) is 8.58. The largest absolute Gasteiger partial charge is 0.493 e. The molecule has 1 aromatic heterocycles. The van der Waals surface area contributed by atoms with E-state index >= 15 is 0 Å². The second kappa shape index (κ2) is 8.73. The lowest BCUT2D eigenvalue weighted by Gasteiger charge is -2.33. The lowest BCUT2D eigenvalue weighted by Crippen LogP contribution is -2.43. The van der Waals surface area contributed by atoms with Gasteiger partial charge in [0.25, 0.3) is 5.91 Å². The minimum absolute atomic E-state index is 0.0296. The van der Waals surface area contributed by atoms with Gasteiger partial charge in [-0.2, -0.15) is 0 Å². The summed E-state index contributed by atoms with van der Waals surface area (Å²) in [6.07, 6.45) is 1.65. The third-order valence-corrected chi connectivity index (χ3v) is 4.46. The van der Waals surface area contributed by atoms with E-state index in [9.17, 15) is 4.79 Å². The van der Waals surface area contributed by atoms with E-state index in [-0.39, 0.29) is 11.9 Å². The van der Waals surface area contributed by atoms with Gasteiger partial charge < -0.3 is 23.9 Å². The van der Waals surface area contributed by atoms with Crippen molar-refractivity contribution < 1.29 is 23.4 Å². The van der Waals surface area contributed by atoms with Crippen LogP contribution >= 0.6 is 0 Å². The van der Waals surface area contributed by atoms with E-state index in [1.165, 1.54) is 0 Å². The number of morpholine rings is 1. The minimum Gasteiger partial charge on any atom is -0.493 e. The predicted molar refractivity (Wildman–Crippen MR) is 95.7 cm³/mol. The van der Waals surface area contributed by atoms with E-state index in [1.54, 1.807) is 38.7 Å². The maximum Gasteiger partial charge on any atom is 0.251 e. The molecule has 2 heterocycles. The van der Waals surface area contributed by atoms with Crippen molar-refractivity contribution in [3.05, 3.63) is 47.9 Å². The summed E-state index contributed by atoms with van der Waals surface area (Å²) in [5.74, 6) is 1.78. The molecule has 1 aliphatic heterocycles. The molecular formula is C19H24N2O5. The zero-order valence-corrected chi connectivity index (χ0v) is 15.1. The molecule has 1 N–H and O–H groups in total. The molecule has 1 fully saturated rings. The zero-order chi connectivity index (χ0) is 18.4. The van der Waals surface area contributed by atoms with E-state index in [4.69, 9.17) is 18.6 Å². The van der Waals surface area contributed by atoms with Crippen molar-refractivity contribution in [1.82, 2.24) is 10.2 Å². The molecular weight excluding hydrogens is 336 g/mol. The Labute approximate surface area is 152 Å². The van der Waals surface area contributed by atoms with Gasteiger partial charge in [0.1, 0.15) is 5.76 Å². The number of nitrogens with zero attached hydrogens (tertiary/aromatic N) is 1. The number of amides is 1. The number of methoxy groups -OCH3 is 2. The summed E-state index contributed by atoms with van der Waals surface area (Å²) in [6.45, 7) is 3.41. The third kappa shape index (κ3) is 4.17. The number of benzene rings is 1. The number of carbonyl (C=O) groups is 1. The fourth-order valence-corrected chi connectivity index (χ4v) is 3.05. The van der Waals surface area contributed by atoms with Crippen LogP contribution in [0.2, 0.25) is 0 Å². The van der Waals surface area contributed by atoms with Crippen LogP contribution in [0, 0.1) is 0 Å². The molecule has 2 aromatic rings. The van der Waals surface area contributed by atoms with Crippen molar-refractivity contribution in [3.8, 4) is 11.5 Å². The van der Waals surface area contributed by atoms with Crippen molar-refractivity contribution in [2.75, 3.05) is 47.1 Å². The maximum absolute atomic E-state index is 12.6. The smallest absolute Gasteiger partial charge is 0.251 e. The van der Waals surface area contributed by atoms with Crippen LogP contribution in [0.15, 0.2) is 41.0 Å². The first-order chi connectivity index (χ1) is 12.7. The van der Waals surface area contributed by atoms with Crippen LogP contribution in [0.3, 0.4) is 0 Å². The van der Waals surface area contributed by atoms with Gasteiger partial charge in [-0.1, -0.05) is 0 Å². The van der Waals surface area contributed by atoms with Crippen LogP contribution in [0.5, 0.6) is 11.5 Å². The van der Waals surface area contributed by atoms with E-state index in [2.05, 4.69) is 10.2 Å². The molecule has 1 aliphatic rings. The van der Waals surface area contributed by atoms with Crippen LogP contribution in [-0.4, -0.2) is 57.9 Å². The third-order valence-electron chi connectivity index (χ3n) is 4.46. The summed E-state index contributed by atoms with van der Waals surface area (Å²) < 4.78 is 21.5. The average molecular weight is 360 g/mol. The number of hydrogen-bond acceptors (Lipinski definition) is 6. The van der Waals surface area contributed by atoms with Crippen LogP contribution in [-0.2, 0) is 4.74 Å². The molecule has 26 heavy (non-hydrogen) atoms. The Balaban J connectivity index is 1.69. The highest BCUT2D eigenvalue weighted by Crippen LogP contribution is 2.27. The zero-order valence-electron chi connectivity index (χ0n) is 15.1. The second-order valence-corrected chi connectivity index (χ2v) is 5.96. The Hall–Kier alpha value is -2.51. The van der Waals surface area contributed by atoms with Gasteiger partial charge in [-0.05, 0) is 30.3 Å². The highest BCUT2D eigenvalue weighted by molar-refractivity contribution is 5.94. The van der Waals surface area contributed by atoms with Gasteiger partial charge in [-0.15, -0.1) is 0 Å². The topological polar surface area (TPSA) is 73.2 Å². The molecule has 0 unspecified atom stereocenters. The van der Waals surface area contributed by atoms with Gasteiger partial charge in [0.15, 0.2) is 11.5 Å². The number of carbonyl (C=O) groups excluding carboxylic acids is 1. The van der Waals surface area contributed by atoms with Crippen molar-refractivity contribution in [2.45, 2.75) is 6.04 Å². The summed E-state index contributed by atoms with van der Waals surface area (Å²) in [5, 5.41) is 3.00. The van der Waals surface area contributed by atoms with Gasteiger partial charge in [-0.25, -0.2) is 0 Å². The second-order valence-electron chi connectivity index (χ2n) is 5.96. The van der Waals surface area contributed by atoms with E-state index < -0.39 is 0 Å². The number of hydrogen-bond donors (Lipinski definition) is 1. The summed E-state index contributed by atoms with van der Waals surface area (Å²) in [7, 11) is 3.11. The Kier molecular flexibility index (Phi) is 6.14. The summed E-state index contributed by atoms with van der Waals surface area (Å²) in [6, 6.07) is 8.87. The average Bonchev–Trinajstić information content (AvgIpc) is 3.22. The Bertz CT molecular complexity index is 711. The minimum atomic E-state index is -0.171. The molecule has 0 radical (unpaired) electrons. The molecule has 140 valence electrons.